The fourth-order valence-electron chi connectivity index (χ4n) is 1.74. The van der Waals surface area contributed by atoms with Crippen molar-refractivity contribution >= 4 is 11.6 Å². The van der Waals surface area contributed by atoms with Gasteiger partial charge in [-0.2, -0.15) is 0 Å². The largest absolute Gasteiger partial charge is 0.393 e. The van der Waals surface area contributed by atoms with Gasteiger partial charge >= 0.3 is 0 Å². The van der Waals surface area contributed by atoms with Crippen molar-refractivity contribution in [2.24, 2.45) is 5.92 Å². The summed E-state index contributed by atoms with van der Waals surface area (Å²) in [5.74, 6) is -0.0423. The second kappa shape index (κ2) is 5.47. The van der Waals surface area contributed by atoms with Crippen LogP contribution in [0.3, 0.4) is 0 Å². The van der Waals surface area contributed by atoms with Crippen LogP contribution in [0.4, 0.5) is 4.39 Å². The summed E-state index contributed by atoms with van der Waals surface area (Å²) >= 11 is 5.91. The molecule has 1 aromatic carbocycles. The molecule has 0 saturated heterocycles. The van der Waals surface area contributed by atoms with E-state index in [-0.39, 0.29) is 17.8 Å². The Morgan fingerprint density at radius 1 is 1.40 bits per heavy atom. The standard InChI is InChI=1S/C12H16ClFO/c1-8(6-9(2)15)7-10-11(13)4-3-5-12(10)14/h3-5,8-9,15H,6-7H2,1-2H3. The van der Waals surface area contributed by atoms with Crippen molar-refractivity contribution in [1.29, 1.82) is 0 Å². The van der Waals surface area contributed by atoms with Crippen LogP contribution in [0, 0.1) is 11.7 Å². The molecule has 2 unspecified atom stereocenters. The number of hydrogen-bond acceptors (Lipinski definition) is 1. The summed E-state index contributed by atoms with van der Waals surface area (Å²) < 4.78 is 13.4. The zero-order chi connectivity index (χ0) is 11.4. The molecule has 2 atom stereocenters. The summed E-state index contributed by atoms with van der Waals surface area (Å²) in [7, 11) is 0. The lowest BCUT2D eigenvalue weighted by Gasteiger charge is -2.14. The zero-order valence-corrected chi connectivity index (χ0v) is 9.76. The Morgan fingerprint density at radius 2 is 2.07 bits per heavy atom. The highest BCUT2D eigenvalue weighted by molar-refractivity contribution is 6.31. The van der Waals surface area contributed by atoms with Gasteiger partial charge in [0.15, 0.2) is 0 Å². The summed E-state index contributed by atoms with van der Waals surface area (Å²) in [4.78, 5) is 0. The summed E-state index contributed by atoms with van der Waals surface area (Å²) in [5.41, 5.74) is 0.548. The molecule has 0 saturated carbocycles. The number of rotatable bonds is 4. The number of aliphatic hydroxyl groups is 1. The molecular formula is C12H16ClFO. The van der Waals surface area contributed by atoms with Gasteiger partial charge in [0, 0.05) is 10.6 Å². The van der Waals surface area contributed by atoms with Gasteiger partial charge in [0.05, 0.1) is 6.10 Å². The average molecular weight is 231 g/mol. The van der Waals surface area contributed by atoms with Gasteiger partial charge in [0.1, 0.15) is 5.82 Å². The van der Waals surface area contributed by atoms with Crippen LogP contribution in [0.5, 0.6) is 0 Å². The van der Waals surface area contributed by atoms with Gasteiger partial charge in [0.25, 0.3) is 0 Å². The maximum absolute atomic E-state index is 13.4. The Kier molecular flexibility index (Phi) is 4.55. The quantitative estimate of drug-likeness (QED) is 0.840. The van der Waals surface area contributed by atoms with Crippen molar-refractivity contribution in [3.63, 3.8) is 0 Å². The Balaban J connectivity index is 2.71. The van der Waals surface area contributed by atoms with Crippen LogP contribution in [-0.2, 0) is 6.42 Å². The fourth-order valence-corrected chi connectivity index (χ4v) is 1.98. The third-order valence-corrected chi connectivity index (χ3v) is 2.71. The van der Waals surface area contributed by atoms with Gasteiger partial charge in [0.2, 0.25) is 0 Å². The first-order valence-corrected chi connectivity index (χ1v) is 5.49. The number of hydrogen-bond donors (Lipinski definition) is 1. The molecule has 0 aliphatic rings. The lowest BCUT2D eigenvalue weighted by molar-refractivity contribution is 0.164. The molecule has 1 N–H and O–H groups in total. The number of aliphatic hydroxyl groups excluding tert-OH is 1. The molecule has 15 heavy (non-hydrogen) atoms. The fraction of sp³-hybridized carbons (Fsp3) is 0.500. The minimum Gasteiger partial charge on any atom is -0.393 e. The van der Waals surface area contributed by atoms with Crippen LogP contribution >= 0.6 is 11.6 Å². The number of halogens is 2. The Bertz CT molecular complexity index is 305. The molecule has 84 valence electrons. The van der Waals surface area contributed by atoms with Crippen LogP contribution in [-0.4, -0.2) is 11.2 Å². The van der Waals surface area contributed by atoms with Gasteiger partial charge in [-0.3, -0.25) is 0 Å². The molecule has 0 heterocycles. The van der Waals surface area contributed by atoms with Crippen molar-refractivity contribution in [3.05, 3.63) is 34.6 Å². The first-order chi connectivity index (χ1) is 7.00. The molecule has 0 amide bonds. The third kappa shape index (κ3) is 3.80. The second-order valence-electron chi connectivity index (χ2n) is 4.09. The predicted octanol–water partition coefficient (Wildman–Crippen LogP) is 3.43. The lowest BCUT2D eigenvalue weighted by atomic mass is 9.95. The Labute approximate surface area is 94.9 Å². The maximum atomic E-state index is 13.4. The van der Waals surface area contributed by atoms with E-state index in [1.807, 2.05) is 6.92 Å². The van der Waals surface area contributed by atoms with Crippen molar-refractivity contribution in [1.82, 2.24) is 0 Å². The van der Waals surface area contributed by atoms with E-state index >= 15 is 0 Å². The first kappa shape index (κ1) is 12.5. The van der Waals surface area contributed by atoms with Gasteiger partial charge in [-0.05, 0) is 37.8 Å². The van der Waals surface area contributed by atoms with E-state index < -0.39 is 0 Å². The van der Waals surface area contributed by atoms with Gasteiger partial charge < -0.3 is 5.11 Å². The highest BCUT2D eigenvalue weighted by Crippen LogP contribution is 2.23. The van der Waals surface area contributed by atoms with Crippen molar-refractivity contribution in [2.45, 2.75) is 32.8 Å². The van der Waals surface area contributed by atoms with E-state index in [2.05, 4.69) is 0 Å². The minimum atomic E-state index is -0.356. The summed E-state index contributed by atoms with van der Waals surface area (Å²) in [6.07, 6.45) is 0.867. The van der Waals surface area contributed by atoms with E-state index in [9.17, 15) is 9.50 Å². The molecule has 0 radical (unpaired) electrons. The molecule has 0 fully saturated rings. The smallest absolute Gasteiger partial charge is 0.127 e. The molecule has 0 bridgehead atoms. The Hall–Kier alpha value is -0.600. The van der Waals surface area contributed by atoms with Gasteiger partial charge in [-0.15, -0.1) is 0 Å². The molecule has 0 spiro atoms. The average Bonchev–Trinajstić information content (AvgIpc) is 2.10. The number of benzene rings is 1. The minimum absolute atomic E-state index is 0.222. The van der Waals surface area contributed by atoms with E-state index in [0.29, 0.717) is 23.4 Å². The molecule has 1 nitrogen and oxygen atoms in total. The van der Waals surface area contributed by atoms with Crippen molar-refractivity contribution in [2.75, 3.05) is 0 Å². The molecular weight excluding hydrogens is 215 g/mol. The molecule has 0 aliphatic heterocycles. The van der Waals surface area contributed by atoms with Gasteiger partial charge in [-0.1, -0.05) is 24.6 Å². The zero-order valence-electron chi connectivity index (χ0n) is 9.00. The highest BCUT2D eigenvalue weighted by atomic mass is 35.5. The van der Waals surface area contributed by atoms with E-state index in [1.54, 1.807) is 19.1 Å². The molecule has 0 aromatic heterocycles. The predicted molar refractivity (Wildman–Crippen MR) is 60.6 cm³/mol. The van der Waals surface area contributed by atoms with Crippen molar-refractivity contribution in [3.8, 4) is 0 Å². The maximum Gasteiger partial charge on any atom is 0.127 e. The van der Waals surface area contributed by atoms with Crippen molar-refractivity contribution < 1.29 is 9.50 Å². The molecule has 1 rings (SSSR count). The van der Waals surface area contributed by atoms with Crippen LogP contribution in [0.2, 0.25) is 5.02 Å². The molecule has 3 heteroatoms. The SMILES string of the molecule is CC(O)CC(C)Cc1c(F)cccc1Cl. The highest BCUT2D eigenvalue weighted by Gasteiger charge is 2.12. The summed E-state index contributed by atoms with van der Waals surface area (Å²) in [6.45, 7) is 3.72. The lowest BCUT2D eigenvalue weighted by Crippen LogP contribution is -2.10. The first-order valence-electron chi connectivity index (χ1n) is 5.11. The van der Waals surface area contributed by atoms with E-state index in [4.69, 9.17) is 11.6 Å². The third-order valence-electron chi connectivity index (χ3n) is 2.36. The molecule has 0 aliphatic carbocycles. The monoisotopic (exact) mass is 230 g/mol. The van der Waals surface area contributed by atoms with Gasteiger partial charge in [-0.25, -0.2) is 4.39 Å². The van der Waals surface area contributed by atoms with Crippen LogP contribution in [0.15, 0.2) is 18.2 Å². The van der Waals surface area contributed by atoms with Crippen LogP contribution in [0.1, 0.15) is 25.8 Å². The van der Waals surface area contributed by atoms with E-state index in [0.717, 1.165) is 0 Å². The second-order valence-corrected chi connectivity index (χ2v) is 4.50. The topological polar surface area (TPSA) is 20.2 Å². The molecule has 1 aromatic rings. The van der Waals surface area contributed by atoms with Crippen LogP contribution in [0.25, 0.3) is 0 Å². The summed E-state index contributed by atoms with van der Waals surface area (Å²) in [6, 6.07) is 4.70. The normalized spacial score (nSPS) is 15.0. The Morgan fingerprint density at radius 3 is 2.60 bits per heavy atom. The van der Waals surface area contributed by atoms with E-state index in [1.165, 1.54) is 6.07 Å². The van der Waals surface area contributed by atoms with Crippen LogP contribution < -0.4 is 0 Å². The summed E-state index contributed by atoms with van der Waals surface area (Å²) in [5, 5.41) is 9.68.